The van der Waals surface area contributed by atoms with Crippen LogP contribution in [0.1, 0.15) is 32.6 Å². The molecule has 0 aliphatic carbocycles. The highest BCUT2D eigenvalue weighted by Crippen LogP contribution is 2.19. The van der Waals surface area contributed by atoms with Crippen LogP contribution in [0, 0.1) is 0 Å². The highest BCUT2D eigenvalue weighted by atomic mass is 16.5. The standard InChI is InChI=1S/C17H21N3O4/c1-2-3-11-18-15(21)12-24-17(23)14-9-10-16(22)20(19-14)13-7-5-4-6-8-13/h4-8H,2-3,9-12H2,1H3,(H,18,21). The van der Waals surface area contributed by atoms with E-state index >= 15 is 0 Å². The number of para-hydroxylation sites is 1. The molecular formula is C17H21N3O4. The molecule has 2 rings (SSSR count). The molecule has 1 aromatic rings. The molecule has 2 amide bonds. The third-order valence-corrected chi connectivity index (χ3v) is 3.46. The molecule has 1 aliphatic heterocycles. The van der Waals surface area contributed by atoms with Gasteiger partial charge in [-0.1, -0.05) is 31.5 Å². The molecule has 0 atom stereocenters. The molecule has 0 unspecified atom stereocenters. The molecule has 1 aromatic carbocycles. The lowest BCUT2D eigenvalue weighted by Crippen LogP contribution is -2.36. The van der Waals surface area contributed by atoms with E-state index in [1.165, 1.54) is 5.01 Å². The maximum absolute atomic E-state index is 12.0. The Morgan fingerprint density at radius 3 is 2.71 bits per heavy atom. The van der Waals surface area contributed by atoms with Crippen molar-refractivity contribution in [2.45, 2.75) is 32.6 Å². The number of hydrogen-bond donors (Lipinski definition) is 1. The van der Waals surface area contributed by atoms with E-state index in [2.05, 4.69) is 10.4 Å². The van der Waals surface area contributed by atoms with Crippen molar-refractivity contribution < 1.29 is 19.1 Å². The number of hydrazone groups is 1. The average molecular weight is 331 g/mol. The summed E-state index contributed by atoms with van der Waals surface area (Å²) in [6, 6.07) is 8.86. The van der Waals surface area contributed by atoms with Crippen LogP contribution in [0.5, 0.6) is 0 Å². The zero-order chi connectivity index (χ0) is 17.4. The fraction of sp³-hybridized carbons (Fsp3) is 0.412. The Morgan fingerprint density at radius 1 is 1.25 bits per heavy atom. The monoisotopic (exact) mass is 331 g/mol. The topological polar surface area (TPSA) is 88.1 Å². The van der Waals surface area contributed by atoms with Gasteiger partial charge < -0.3 is 10.1 Å². The molecule has 0 saturated heterocycles. The van der Waals surface area contributed by atoms with Gasteiger partial charge in [0.1, 0.15) is 5.71 Å². The smallest absolute Gasteiger partial charge is 0.355 e. The summed E-state index contributed by atoms with van der Waals surface area (Å²) >= 11 is 0. The number of ether oxygens (including phenoxy) is 1. The first-order valence-electron chi connectivity index (χ1n) is 8.01. The van der Waals surface area contributed by atoms with Crippen LogP contribution in [0.25, 0.3) is 0 Å². The molecule has 0 fully saturated rings. The van der Waals surface area contributed by atoms with Crippen LogP contribution < -0.4 is 10.3 Å². The highest BCUT2D eigenvalue weighted by molar-refractivity contribution is 6.38. The first-order chi connectivity index (χ1) is 11.6. The van der Waals surface area contributed by atoms with Gasteiger partial charge in [-0.2, -0.15) is 5.10 Å². The van der Waals surface area contributed by atoms with Crippen molar-refractivity contribution in [3.8, 4) is 0 Å². The average Bonchev–Trinajstić information content (AvgIpc) is 2.61. The number of anilines is 1. The van der Waals surface area contributed by atoms with E-state index in [0.717, 1.165) is 12.8 Å². The SMILES string of the molecule is CCCCNC(=O)COC(=O)C1=NN(c2ccccc2)C(=O)CC1. The maximum Gasteiger partial charge on any atom is 0.355 e. The van der Waals surface area contributed by atoms with Gasteiger partial charge in [-0.15, -0.1) is 0 Å². The summed E-state index contributed by atoms with van der Waals surface area (Å²) in [6.07, 6.45) is 2.23. The first-order valence-corrected chi connectivity index (χ1v) is 8.01. The molecule has 0 radical (unpaired) electrons. The lowest BCUT2D eigenvalue weighted by molar-refractivity contribution is -0.142. The molecule has 0 bridgehead atoms. The number of amides is 2. The Morgan fingerprint density at radius 2 is 2.00 bits per heavy atom. The predicted octanol–water partition coefficient (Wildman–Crippen LogP) is 1.63. The molecule has 24 heavy (non-hydrogen) atoms. The van der Waals surface area contributed by atoms with Crippen molar-refractivity contribution in [3.63, 3.8) is 0 Å². The number of carbonyl (C=O) groups is 3. The largest absolute Gasteiger partial charge is 0.451 e. The fourth-order valence-corrected chi connectivity index (χ4v) is 2.14. The number of esters is 1. The lowest BCUT2D eigenvalue weighted by atomic mass is 10.1. The second-order valence-corrected chi connectivity index (χ2v) is 5.37. The molecule has 1 heterocycles. The van der Waals surface area contributed by atoms with Gasteiger partial charge in [-0.05, 0) is 18.6 Å². The number of hydrogen-bond acceptors (Lipinski definition) is 5. The maximum atomic E-state index is 12.0. The second-order valence-electron chi connectivity index (χ2n) is 5.37. The van der Waals surface area contributed by atoms with Gasteiger partial charge in [0, 0.05) is 19.4 Å². The summed E-state index contributed by atoms with van der Waals surface area (Å²) in [5, 5.41) is 7.94. The van der Waals surface area contributed by atoms with E-state index in [4.69, 9.17) is 4.74 Å². The number of nitrogens with one attached hydrogen (secondary N) is 1. The van der Waals surface area contributed by atoms with E-state index in [9.17, 15) is 14.4 Å². The molecule has 0 spiro atoms. The normalized spacial score (nSPS) is 14.1. The van der Waals surface area contributed by atoms with Crippen LogP contribution in [0.2, 0.25) is 0 Å². The van der Waals surface area contributed by atoms with Gasteiger partial charge in [0.25, 0.3) is 5.91 Å². The third-order valence-electron chi connectivity index (χ3n) is 3.46. The van der Waals surface area contributed by atoms with Crippen LogP contribution in [-0.4, -0.2) is 36.6 Å². The zero-order valence-corrected chi connectivity index (χ0v) is 13.7. The summed E-state index contributed by atoms with van der Waals surface area (Å²) in [6.45, 7) is 2.23. The fourth-order valence-electron chi connectivity index (χ4n) is 2.14. The van der Waals surface area contributed by atoms with Crippen LogP contribution >= 0.6 is 0 Å². The van der Waals surface area contributed by atoms with Crippen LogP contribution in [0.15, 0.2) is 35.4 Å². The van der Waals surface area contributed by atoms with Crippen molar-refractivity contribution in [2.75, 3.05) is 18.2 Å². The molecule has 1 aliphatic rings. The van der Waals surface area contributed by atoms with Gasteiger partial charge >= 0.3 is 5.97 Å². The summed E-state index contributed by atoms with van der Waals surface area (Å²) in [7, 11) is 0. The van der Waals surface area contributed by atoms with Crippen LogP contribution in [0.4, 0.5) is 5.69 Å². The van der Waals surface area contributed by atoms with E-state index in [1.807, 2.05) is 13.0 Å². The van der Waals surface area contributed by atoms with Gasteiger partial charge in [0.15, 0.2) is 6.61 Å². The van der Waals surface area contributed by atoms with Crippen molar-refractivity contribution in [2.24, 2.45) is 5.10 Å². The van der Waals surface area contributed by atoms with Gasteiger partial charge in [0.05, 0.1) is 5.69 Å². The molecule has 7 nitrogen and oxygen atoms in total. The van der Waals surface area contributed by atoms with Crippen LogP contribution in [0.3, 0.4) is 0 Å². The molecule has 0 aromatic heterocycles. The minimum absolute atomic E-state index is 0.139. The minimum Gasteiger partial charge on any atom is -0.451 e. The molecule has 1 N–H and O–H groups in total. The Labute approximate surface area is 140 Å². The van der Waals surface area contributed by atoms with Crippen molar-refractivity contribution in [1.29, 1.82) is 0 Å². The number of carbonyl (C=O) groups excluding carboxylic acids is 3. The molecule has 7 heteroatoms. The number of benzene rings is 1. The highest BCUT2D eigenvalue weighted by Gasteiger charge is 2.26. The van der Waals surface area contributed by atoms with Crippen molar-refractivity contribution >= 4 is 29.2 Å². The van der Waals surface area contributed by atoms with E-state index < -0.39 is 5.97 Å². The number of unbranched alkanes of at least 4 members (excludes halogenated alkanes) is 1. The summed E-state index contributed by atoms with van der Waals surface area (Å²) in [5.41, 5.74) is 0.726. The van der Waals surface area contributed by atoms with E-state index in [1.54, 1.807) is 24.3 Å². The van der Waals surface area contributed by atoms with E-state index in [-0.39, 0.29) is 37.0 Å². The van der Waals surface area contributed by atoms with Crippen molar-refractivity contribution in [1.82, 2.24) is 5.32 Å². The Hall–Kier alpha value is -2.70. The van der Waals surface area contributed by atoms with Crippen LogP contribution in [-0.2, 0) is 19.1 Å². The lowest BCUT2D eigenvalue weighted by Gasteiger charge is -2.22. The first kappa shape index (κ1) is 17.7. The third kappa shape index (κ3) is 4.91. The van der Waals surface area contributed by atoms with Gasteiger partial charge in [-0.3, -0.25) is 9.59 Å². The summed E-state index contributed by atoms with van der Waals surface area (Å²) in [4.78, 5) is 35.6. The Bertz CT molecular complexity index is 628. The molecular weight excluding hydrogens is 310 g/mol. The van der Waals surface area contributed by atoms with E-state index in [0.29, 0.717) is 12.2 Å². The summed E-state index contributed by atoms with van der Waals surface area (Å²) in [5.74, 6) is -1.20. The van der Waals surface area contributed by atoms with Gasteiger partial charge in [0.2, 0.25) is 5.91 Å². The quantitative estimate of drug-likeness (QED) is 0.607. The summed E-state index contributed by atoms with van der Waals surface area (Å²) < 4.78 is 4.97. The Balaban J connectivity index is 1.94. The van der Waals surface area contributed by atoms with Crippen molar-refractivity contribution in [3.05, 3.63) is 30.3 Å². The minimum atomic E-state index is -0.672. The zero-order valence-electron chi connectivity index (χ0n) is 13.7. The number of nitrogens with zero attached hydrogens (tertiary/aromatic N) is 2. The molecule has 0 saturated carbocycles. The van der Waals surface area contributed by atoms with Gasteiger partial charge in [-0.25, -0.2) is 9.80 Å². The number of rotatable bonds is 7. The second kappa shape index (κ2) is 8.81. The predicted molar refractivity (Wildman–Crippen MR) is 89.5 cm³/mol. The molecule has 128 valence electrons. The Kier molecular flexibility index (Phi) is 6.48.